The van der Waals surface area contributed by atoms with Gasteiger partial charge in [-0.05, 0) is 17.7 Å². The van der Waals surface area contributed by atoms with E-state index in [0.29, 0.717) is 0 Å². The Balaban J connectivity index is 3.21. The number of nitro groups is 1. The highest BCUT2D eigenvalue weighted by atomic mass is 19.4. The zero-order valence-electron chi connectivity index (χ0n) is 9.27. The number of halogens is 3. The van der Waals surface area contributed by atoms with E-state index in [9.17, 15) is 28.4 Å². The molecule has 0 fully saturated rings. The van der Waals surface area contributed by atoms with Crippen LogP contribution < -0.4 is 4.74 Å². The van der Waals surface area contributed by atoms with Crippen LogP contribution in [0.25, 0.3) is 0 Å². The first-order chi connectivity index (χ1) is 8.20. The van der Waals surface area contributed by atoms with Crippen molar-refractivity contribution < 1.29 is 27.9 Å². The Bertz CT molecular complexity index is 432. The lowest BCUT2D eigenvalue weighted by atomic mass is 9.93. The highest BCUT2D eigenvalue weighted by Crippen LogP contribution is 2.39. The van der Waals surface area contributed by atoms with Gasteiger partial charge in [0.15, 0.2) is 0 Å². The van der Waals surface area contributed by atoms with E-state index in [-0.39, 0.29) is 5.75 Å². The molecular formula is C10H10F3NO4. The number of ether oxygens (including phenoxy) is 1. The number of benzene rings is 1. The van der Waals surface area contributed by atoms with Gasteiger partial charge in [-0.2, -0.15) is 13.2 Å². The minimum atomic E-state index is -5.14. The summed E-state index contributed by atoms with van der Waals surface area (Å²) in [6.45, 7) is -1.65. The Kier molecular flexibility index (Phi) is 3.80. The first-order valence-corrected chi connectivity index (χ1v) is 4.76. The Morgan fingerprint density at radius 1 is 1.33 bits per heavy atom. The highest BCUT2D eigenvalue weighted by Gasteiger charge is 2.58. The molecule has 0 aromatic heterocycles. The van der Waals surface area contributed by atoms with E-state index in [1.807, 2.05) is 0 Å². The quantitative estimate of drug-likeness (QED) is 0.664. The molecule has 0 aliphatic carbocycles. The van der Waals surface area contributed by atoms with Gasteiger partial charge >= 0.3 is 6.18 Å². The standard InChI is InChI=1S/C10H10F3NO4/c1-18-8-4-2-7(3-5-8)9(15,6-14(16)17)10(11,12)13/h2-5,15H,6H2,1H3. The summed E-state index contributed by atoms with van der Waals surface area (Å²) in [7, 11) is 1.32. The number of hydrogen-bond acceptors (Lipinski definition) is 4. The molecule has 0 saturated carbocycles. The molecule has 0 spiro atoms. The van der Waals surface area contributed by atoms with Crippen molar-refractivity contribution in [2.24, 2.45) is 0 Å². The Morgan fingerprint density at radius 2 is 1.83 bits per heavy atom. The third kappa shape index (κ3) is 2.70. The van der Waals surface area contributed by atoms with Gasteiger partial charge in [-0.1, -0.05) is 12.1 Å². The highest BCUT2D eigenvalue weighted by molar-refractivity contribution is 5.32. The van der Waals surface area contributed by atoms with Crippen LogP contribution in [0.1, 0.15) is 5.56 Å². The fourth-order valence-corrected chi connectivity index (χ4v) is 1.40. The normalized spacial score (nSPS) is 14.9. The third-order valence-corrected chi connectivity index (χ3v) is 2.39. The molecule has 5 nitrogen and oxygen atoms in total. The molecule has 0 aliphatic rings. The van der Waals surface area contributed by atoms with Gasteiger partial charge in [0.2, 0.25) is 6.54 Å². The molecule has 18 heavy (non-hydrogen) atoms. The maximum absolute atomic E-state index is 12.7. The number of hydrogen-bond donors (Lipinski definition) is 1. The Morgan fingerprint density at radius 3 is 2.17 bits per heavy atom. The summed E-state index contributed by atoms with van der Waals surface area (Å²) in [5, 5.41) is 19.8. The SMILES string of the molecule is COc1ccc(C(O)(C[N+](=O)[O-])C(F)(F)F)cc1. The van der Waals surface area contributed by atoms with Crippen molar-refractivity contribution in [3.8, 4) is 5.75 Å². The lowest BCUT2D eigenvalue weighted by molar-refractivity contribution is -0.519. The summed E-state index contributed by atoms with van der Waals surface area (Å²) >= 11 is 0. The molecule has 8 heteroatoms. The Hall–Kier alpha value is -1.83. The second kappa shape index (κ2) is 4.81. The predicted molar refractivity (Wildman–Crippen MR) is 54.8 cm³/mol. The molecular weight excluding hydrogens is 255 g/mol. The molecule has 0 saturated heterocycles. The van der Waals surface area contributed by atoms with Crippen molar-refractivity contribution in [2.45, 2.75) is 11.8 Å². The van der Waals surface area contributed by atoms with Gasteiger partial charge in [0.1, 0.15) is 5.75 Å². The lowest BCUT2D eigenvalue weighted by Crippen LogP contribution is -2.47. The summed E-state index contributed by atoms with van der Waals surface area (Å²) in [6, 6.07) is 4.25. The fraction of sp³-hybridized carbons (Fsp3) is 0.400. The zero-order chi connectivity index (χ0) is 14.0. The van der Waals surface area contributed by atoms with Crippen molar-refractivity contribution in [3.63, 3.8) is 0 Å². The van der Waals surface area contributed by atoms with E-state index >= 15 is 0 Å². The predicted octanol–water partition coefficient (Wildman–Crippen LogP) is 1.72. The summed E-state index contributed by atoms with van der Waals surface area (Å²) < 4.78 is 43.0. The molecule has 1 unspecified atom stereocenters. The maximum Gasteiger partial charge on any atom is 0.428 e. The van der Waals surface area contributed by atoms with Gasteiger partial charge in [0, 0.05) is 4.92 Å². The summed E-state index contributed by atoms with van der Waals surface area (Å²) in [5.41, 5.74) is -4.12. The van der Waals surface area contributed by atoms with E-state index in [2.05, 4.69) is 0 Å². The second-order valence-electron chi connectivity index (χ2n) is 3.58. The van der Waals surface area contributed by atoms with Crippen LogP contribution in [0.3, 0.4) is 0 Å². The van der Waals surface area contributed by atoms with Gasteiger partial charge in [0.05, 0.1) is 7.11 Å². The fourth-order valence-electron chi connectivity index (χ4n) is 1.40. The monoisotopic (exact) mass is 265 g/mol. The minimum absolute atomic E-state index is 0.282. The molecule has 0 aliphatic heterocycles. The van der Waals surface area contributed by atoms with Crippen molar-refractivity contribution in [3.05, 3.63) is 39.9 Å². The topological polar surface area (TPSA) is 72.6 Å². The lowest BCUT2D eigenvalue weighted by Gasteiger charge is -2.27. The molecule has 0 heterocycles. The number of rotatable bonds is 4. The molecule has 0 amide bonds. The molecule has 0 bridgehead atoms. The summed E-state index contributed by atoms with van der Waals surface area (Å²) in [5.74, 6) is 0.282. The summed E-state index contributed by atoms with van der Waals surface area (Å²) in [6.07, 6.45) is -5.14. The van der Waals surface area contributed by atoms with E-state index in [1.54, 1.807) is 0 Å². The molecule has 1 aromatic carbocycles. The molecule has 0 radical (unpaired) electrons. The minimum Gasteiger partial charge on any atom is -0.497 e. The third-order valence-electron chi connectivity index (χ3n) is 2.39. The van der Waals surface area contributed by atoms with Crippen molar-refractivity contribution in [2.75, 3.05) is 13.7 Å². The smallest absolute Gasteiger partial charge is 0.428 e. The first kappa shape index (κ1) is 14.2. The maximum atomic E-state index is 12.7. The van der Waals surface area contributed by atoms with Gasteiger partial charge in [0.25, 0.3) is 5.60 Å². The van der Waals surface area contributed by atoms with Crippen LogP contribution >= 0.6 is 0 Å². The van der Waals surface area contributed by atoms with Crippen LogP contribution in [0, 0.1) is 10.1 Å². The first-order valence-electron chi connectivity index (χ1n) is 4.76. The number of alkyl halides is 3. The molecule has 1 aromatic rings. The largest absolute Gasteiger partial charge is 0.497 e. The van der Waals surface area contributed by atoms with E-state index in [1.165, 1.54) is 19.2 Å². The van der Waals surface area contributed by atoms with Crippen LogP contribution in [-0.4, -0.2) is 29.9 Å². The van der Waals surface area contributed by atoms with Crippen molar-refractivity contribution >= 4 is 0 Å². The van der Waals surface area contributed by atoms with E-state index in [4.69, 9.17) is 4.74 Å². The average Bonchev–Trinajstić information content (AvgIpc) is 2.26. The second-order valence-corrected chi connectivity index (χ2v) is 3.58. The Labute approximate surface area is 99.9 Å². The van der Waals surface area contributed by atoms with Crippen LogP contribution in [0.15, 0.2) is 24.3 Å². The van der Waals surface area contributed by atoms with Gasteiger partial charge in [-0.15, -0.1) is 0 Å². The van der Waals surface area contributed by atoms with Gasteiger partial charge in [-0.3, -0.25) is 10.1 Å². The molecule has 1 atom stereocenters. The van der Waals surface area contributed by atoms with Crippen LogP contribution in [0.5, 0.6) is 5.75 Å². The van der Waals surface area contributed by atoms with Crippen LogP contribution in [-0.2, 0) is 5.60 Å². The zero-order valence-corrected chi connectivity index (χ0v) is 9.27. The number of nitrogens with zero attached hydrogens (tertiary/aromatic N) is 1. The molecule has 1 rings (SSSR count). The average molecular weight is 265 g/mol. The molecule has 100 valence electrons. The summed E-state index contributed by atoms with van der Waals surface area (Å²) in [4.78, 5) is 9.07. The van der Waals surface area contributed by atoms with Crippen LogP contribution in [0.2, 0.25) is 0 Å². The van der Waals surface area contributed by atoms with Crippen molar-refractivity contribution in [1.82, 2.24) is 0 Å². The van der Waals surface area contributed by atoms with E-state index < -0.39 is 28.8 Å². The van der Waals surface area contributed by atoms with Crippen LogP contribution in [0.4, 0.5) is 13.2 Å². The van der Waals surface area contributed by atoms with Gasteiger partial charge < -0.3 is 9.84 Å². The van der Waals surface area contributed by atoms with E-state index in [0.717, 1.165) is 12.1 Å². The van der Waals surface area contributed by atoms with Gasteiger partial charge in [-0.25, -0.2) is 0 Å². The number of aliphatic hydroxyl groups is 1. The van der Waals surface area contributed by atoms with Crippen molar-refractivity contribution in [1.29, 1.82) is 0 Å². The molecule has 1 N–H and O–H groups in total. The number of methoxy groups -OCH3 is 1.